The second-order valence-electron chi connectivity index (χ2n) is 16.4. The zero-order valence-electron chi connectivity index (χ0n) is 31.5. The molecule has 9 aromatic rings. The van der Waals surface area contributed by atoms with E-state index >= 15 is 0 Å². The molecular formula is C52H38N4. The molecular weight excluding hydrogens is 681 g/mol. The van der Waals surface area contributed by atoms with Crippen molar-refractivity contribution in [1.82, 2.24) is 14.5 Å². The van der Waals surface area contributed by atoms with E-state index < -0.39 is 0 Å². The molecule has 0 fully saturated rings. The predicted octanol–water partition coefficient (Wildman–Crippen LogP) is 13.0. The van der Waals surface area contributed by atoms with Gasteiger partial charge in [0.05, 0.1) is 27.8 Å². The summed E-state index contributed by atoms with van der Waals surface area (Å²) in [5, 5.41) is 5.81. The van der Waals surface area contributed by atoms with Crippen LogP contribution < -0.4 is 4.90 Å². The quantitative estimate of drug-likeness (QED) is 0.182. The lowest BCUT2D eigenvalue weighted by molar-refractivity contribution is 0.542. The van der Waals surface area contributed by atoms with E-state index in [4.69, 9.17) is 9.97 Å². The van der Waals surface area contributed by atoms with Crippen LogP contribution in [0.25, 0.3) is 71.8 Å². The van der Waals surface area contributed by atoms with Crippen LogP contribution in [0.3, 0.4) is 0 Å². The molecule has 0 saturated carbocycles. The third-order valence-corrected chi connectivity index (χ3v) is 13.0. The smallest absolute Gasteiger partial charge is 0.235 e. The normalized spacial score (nSPS) is 18.8. The van der Waals surface area contributed by atoms with Gasteiger partial charge < -0.3 is 4.90 Å². The molecule has 2 unspecified atom stereocenters. The Kier molecular flexibility index (Phi) is 6.28. The molecule has 2 aliphatic carbocycles. The van der Waals surface area contributed by atoms with Gasteiger partial charge in [-0.3, -0.25) is 4.57 Å². The fourth-order valence-electron chi connectivity index (χ4n) is 10.3. The molecule has 0 amide bonds. The fourth-order valence-corrected chi connectivity index (χ4v) is 10.3. The third-order valence-electron chi connectivity index (χ3n) is 13.0. The van der Waals surface area contributed by atoms with Crippen molar-refractivity contribution in [2.45, 2.75) is 37.6 Å². The second kappa shape index (κ2) is 11.1. The molecule has 12 rings (SSSR count). The largest absolute Gasteiger partial charge is 0.331 e. The highest BCUT2D eigenvalue weighted by Crippen LogP contribution is 2.54. The molecule has 0 saturated heterocycles. The summed E-state index contributed by atoms with van der Waals surface area (Å²) in [6.07, 6.45) is 9.09. The molecule has 0 spiro atoms. The van der Waals surface area contributed by atoms with Crippen molar-refractivity contribution in [3.63, 3.8) is 0 Å². The van der Waals surface area contributed by atoms with E-state index in [1.165, 1.54) is 55.0 Å². The molecule has 4 heteroatoms. The minimum Gasteiger partial charge on any atom is -0.331 e. The van der Waals surface area contributed by atoms with Crippen LogP contribution in [0.5, 0.6) is 0 Å². The van der Waals surface area contributed by atoms with E-state index in [9.17, 15) is 0 Å². The van der Waals surface area contributed by atoms with Crippen LogP contribution in [-0.2, 0) is 5.41 Å². The van der Waals surface area contributed by atoms with Crippen LogP contribution in [0.2, 0.25) is 0 Å². The molecule has 3 heterocycles. The Bertz CT molecular complexity index is 3220. The van der Waals surface area contributed by atoms with Crippen molar-refractivity contribution in [2.75, 3.05) is 4.90 Å². The highest BCUT2D eigenvalue weighted by Gasteiger charge is 2.47. The maximum Gasteiger partial charge on any atom is 0.235 e. The summed E-state index contributed by atoms with van der Waals surface area (Å²) in [7, 11) is 0. The second-order valence-corrected chi connectivity index (χ2v) is 16.4. The third kappa shape index (κ3) is 4.19. The lowest BCUT2D eigenvalue weighted by atomic mass is 9.80. The van der Waals surface area contributed by atoms with Gasteiger partial charge in [-0.15, -0.1) is 0 Å². The molecule has 3 aliphatic rings. The zero-order chi connectivity index (χ0) is 37.3. The number of anilines is 2. The van der Waals surface area contributed by atoms with E-state index in [2.05, 4.69) is 200 Å². The first-order valence-corrected chi connectivity index (χ1v) is 19.6. The minimum absolute atomic E-state index is 0.120. The van der Waals surface area contributed by atoms with Crippen molar-refractivity contribution in [3.05, 3.63) is 187 Å². The van der Waals surface area contributed by atoms with E-state index in [0.29, 0.717) is 5.95 Å². The lowest BCUT2D eigenvalue weighted by Crippen LogP contribution is -2.41. The molecule has 0 N–H and O–H groups in total. The van der Waals surface area contributed by atoms with Gasteiger partial charge in [0.1, 0.15) is 0 Å². The van der Waals surface area contributed by atoms with Crippen molar-refractivity contribution in [1.29, 1.82) is 0 Å². The van der Waals surface area contributed by atoms with Gasteiger partial charge in [-0.2, -0.15) is 0 Å². The molecule has 7 aromatic carbocycles. The number of allylic oxidation sites excluding steroid dienone is 2. The standard InChI is InChI=1S/C52H38N4/c1-51(2)42-19-9-6-16-36(42)37-25-23-34(29-44(37)51)49-40-18-7-10-21-45(40)53-50(54-49)55-47-30-33-15-5-4-14-32(33)28-41(47)38-26-24-35(31-48(38)55)56-46-22-11-8-17-39(46)43-20-12-13-27-52(43,56)3/h4-31,43H,1-3H3. The molecule has 56 heavy (non-hydrogen) atoms. The van der Waals surface area contributed by atoms with E-state index in [0.717, 1.165) is 38.9 Å². The Labute approximate surface area is 325 Å². The molecule has 0 radical (unpaired) electrons. The van der Waals surface area contributed by atoms with E-state index in [-0.39, 0.29) is 16.9 Å². The van der Waals surface area contributed by atoms with Gasteiger partial charge in [-0.1, -0.05) is 141 Å². The number of aromatic nitrogens is 3. The summed E-state index contributed by atoms with van der Waals surface area (Å²) in [6.45, 7) is 7.04. The first kappa shape index (κ1) is 31.6. The summed E-state index contributed by atoms with van der Waals surface area (Å²) in [5.74, 6) is 0.924. The van der Waals surface area contributed by atoms with Crippen LogP contribution in [-0.4, -0.2) is 20.1 Å². The molecule has 4 nitrogen and oxygen atoms in total. The minimum atomic E-state index is -0.245. The molecule has 2 atom stereocenters. The van der Waals surface area contributed by atoms with Gasteiger partial charge in [0, 0.05) is 44.4 Å². The summed E-state index contributed by atoms with van der Waals surface area (Å²) in [5.41, 5.74) is 13.8. The average Bonchev–Trinajstić information content (AvgIpc) is 3.78. The van der Waals surface area contributed by atoms with Gasteiger partial charge in [-0.05, 0) is 88.0 Å². The van der Waals surface area contributed by atoms with Gasteiger partial charge in [0.25, 0.3) is 0 Å². The lowest BCUT2D eigenvalue weighted by Gasteiger charge is -2.39. The Balaban J connectivity index is 1.13. The van der Waals surface area contributed by atoms with Crippen LogP contribution in [0, 0.1) is 0 Å². The van der Waals surface area contributed by atoms with Gasteiger partial charge >= 0.3 is 0 Å². The Morgan fingerprint density at radius 3 is 2.23 bits per heavy atom. The molecule has 2 aromatic heterocycles. The Morgan fingerprint density at radius 2 is 1.32 bits per heavy atom. The van der Waals surface area contributed by atoms with Crippen LogP contribution >= 0.6 is 0 Å². The number of nitrogens with zero attached hydrogens (tertiary/aromatic N) is 4. The number of fused-ring (bicyclic) bond motifs is 11. The molecule has 0 bridgehead atoms. The highest BCUT2D eigenvalue weighted by atomic mass is 15.2. The van der Waals surface area contributed by atoms with Gasteiger partial charge in [0.15, 0.2) is 0 Å². The van der Waals surface area contributed by atoms with Crippen LogP contribution in [0.4, 0.5) is 11.4 Å². The Hall–Kier alpha value is -6.78. The Morgan fingerprint density at radius 1 is 0.571 bits per heavy atom. The summed E-state index contributed by atoms with van der Waals surface area (Å²) < 4.78 is 2.31. The SMILES string of the molecule is CC1(C)c2ccccc2-c2ccc(-c3nc(-n4c5cc(N6c7ccccc7C7C=CC=CC76C)ccc5c5cc6ccccc6cc54)nc4ccccc34)cc21. The van der Waals surface area contributed by atoms with Crippen molar-refractivity contribution in [3.8, 4) is 28.3 Å². The van der Waals surface area contributed by atoms with Gasteiger partial charge in [0.2, 0.25) is 5.95 Å². The van der Waals surface area contributed by atoms with Crippen molar-refractivity contribution in [2.24, 2.45) is 0 Å². The van der Waals surface area contributed by atoms with Crippen molar-refractivity contribution < 1.29 is 0 Å². The topological polar surface area (TPSA) is 34.0 Å². The number of rotatable bonds is 3. The number of para-hydroxylation sites is 2. The average molecular weight is 719 g/mol. The van der Waals surface area contributed by atoms with Crippen LogP contribution in [0.1, 0.15) is 43.4 Å². The highest BCUT2D eigenvalue weighted by molar-refractivity contribution is 6.14. The summed E-state index contributed by atoms with van der Waals surface area (Å²) in [4.78, 5) is 13.5. The number of hydrogen-bond donors (Lipinski definition) is 0. The van der Waals surface area contributed by atoms with E-state index in [1.807, 2.05) is 0 Å². The first-order chi connectivity index (χ1) is 27.4. The van der Waals surface area contributed by atoms with Gasteiger partial charge in [-0.25, -0.2) is 9.97 Å². The summed E-state index contributed by atoms with van der Waals surface area (Å²) in [6, 6.07) is 53.3. The summed E-state index contributed by atoms with van der Waals surface area (Å²) >= 11 is 0. The maximum atomic E-state index is 5.58. The molecule has 1 aliphatic heterocycles. The monoisotopic (exact) mass is 718 g/mol. The number of hydrogen-bond acceptors (Lipinski definition) is 3. The van der Waals surface area contributed by atoms with Crippen molar-refractivity contribution >= 4 is 54.9 Å². The molecule has 266 valence electrons. The van der Waals surface area contributed by atoms with E-state index in [1.54, 1.807) is 0 Å². The van der Waals surface area contributed by atoms with Crippen LogP contribution in [0.15, 0.2) is 170 Å². The zero-order valence-corrected chi connectivity index (χ0v) is 31.5. The maximum absolute atomic E-state index is 5.58. The first-order valence-electron chi connectivity index (χ1n) is 19.6. The predicted molar refractivity (Wildman–Crippen MR) is 232 cm³/mol. The fraction of sp³-hybridized carbons (Fsp3) is 0.115. The number of benzene rings is 7.